The average Bonchev–Trinajstić information content (AvgIpc) is 2.89. The second kappa shape index (κ2) is 5.53. The fraction of sp³-hybridized carbons (Fsp3) is 0.286. The second-order valence-electron chi connectivity index (χ2n) is 4.32. The zero-order valence-corrected chi connectivity index (χ0v) is 11.3. The summed E-state index contributed by atoms with van der Waals surface area (Å²) in [4.78, 5) is 10.3. The molecule has 0 unspecified atom stereocenters. The molecule has 6 nitrogen and oxygen atoms in total. The Morgan fingerprint density at radius 2 is 2.10 bits per heavy atom. The van der Waals surface area contributed by atoms with Crippen molar-refractivity contribution in [2.24, 2.45) is 0 Å². The summed E-state index contributed by atoms with van der Waals surface area (Å²) in [6.45, 7) is 4.01. The van der Waals surface area contributed by atoms with Gasteiger partial charge in [0.05, 0.1) is 21.9 Å². The van der Waals surface area contributed by atoms with Gasteiger partial charge >= 0.3 is 0 Å². The summed E-state index contributed by atoms with van der Waals surface area (Å²) in [5, 5.41) is 24.4. The molecule has 0 radical (unpaired) electrons. The lowest BCUT2D eigenvalue weighted by atomic mass is 10.1. The van der Waals surface area contributed by atoms with Crippen LogP contribution < -0.4 is 0 Å². The minimum atomic E-state index is -0.508. The monoisotopic (exact) mass is 270 g/mol. The van der Waals surface area contributed by atoms with E-state index in [1.165, 1.54) is 12.1 Å². The van der Waals surface area contributed by atoms with Gasteiger partial charge in [0.15, 0.2) is 0 Å². The molecule has 0 atom stereocenters. The number of nitro groups is 1. The van der Waals surface area contributed by atoms with E-state index in [0.717, 1.165) is 24.2 Å². The van der Waals surface area contributed by atoms with Gasteiger partial charge in [0.25, 0.3) is 5.69 Å². The van der Waals surface area contributed by atoms with Gasteiger partial charge in [0.1, 0.15) is 6.07 Å². The maximum atomic E-state index is 10.8. The van der Waals surface area contributed by atoms with Crippen molar-refractivity contribution in [1.29, 1.82) is 5.26 Å². The number of hydrogen-bond acceptors (Lipinski definition) is 4. The standard InChI is InChI=1S/C14H14N4O2/c1-3-11-8-12(4-2)17(16-11)14-6-5-13(18(19)20)7-10(14)9-15/h5-8H,3-4H2,1-2H3. The molecule has 102 valence electrons. The van der Waals surface area contributed by atoms with Gasteiger partial charge in [0.2, 0.25) is 0 Å². The summed E-state index contributed by atoms with van der Waals surface area (Å²) >= 11 is 0. The van der Waals surface area contributed by atoms with Crippen LogP contribution in [0.2, 0.25) is 0 Å². The SMILES string of the molecule is CCc1cc(CC)n(-c2ccc([N+](=O)[O-])cc2C#N)n1. The lowest BCUT2D eigenvalue weighted by Crippen LogP contribution is -2.04. The zero-order valence-electron chi connectivity index (χ0n) is 11.3. The fourth-order valence-electron chi connectivity index (χ4n) is 2.02. The van der Waals surface area contributed by atoms with E-state index >= 15 is 0 Å². The molecule has 2 rings (SSSR count). The van der Waals surface area contributed by atoms with Gasteiger partial charge in [-0.25, -0.2) is 4.68 Å². The van der Waals surface area contributed by atoms with Gasteiger partial charge in [-0.3, -0.25) is 10.1 Å². The lowest BCUT2D eigenvalue weighted by molar-refractivity contribution is -0.384. The number of hydrogen-bond donors (Lipinski definition) is 0. The molecule has 0 aliphatic heterocycles. The maximum Gasteiger partial charge on any atom is 0.270 e. The van der Waals surface area contributed by atoms with Crippen molar-refractivity contribution in [1.82, 2.24) is 9.78 Å². The van der Waals surface area contributed by atoms with E-state index in [-0.39, 0.29) is 11.3 Å². The molecule has 0 bridgehead atoms. The number of nitrogens with zero attached hydrogens (tertiary/aromatic N) is 4. The summed E-state index contributed by atoms with van der Waals surface area (Å²) in [7, 11) is 0. The van der Waals surface area contributed by atoms with Crippen LogP contribution in [0.1, 0.15) is 30.8 Å². The van der Waals surface area contributed by atoms with E-state index in [1.807, 2.05) is 26.0 Å². The molecule has 1 aromatic heterocycles. The molecule has 0 aliphatic carbocycles. The highest BCUT2D eigenvalue weighted by Gasteiger charge is 2.15. The molecule has 1 aromatic carbocycles. The number of rotatable bonds is 4. The van der Waals surface area contributed by atoms with Crippen molar-refractivity contribution in [3.8, 4) is 11.8 Å². The third-order valence-electron chi connectivity index (χ3n) is 3.10. The lowest BCUT2D eigenvalue weighted by Gasteiger charge is -2.07. The molecule has 0 spiro atoms. The number of aryl methyl sites for hydroxylation is 2. The molecule has 0 aliphatic rings. The molecule has 0 amide bonds. The predicted molar refractivity (Wildman–Crippen MR) is 73.7 cm³/mol. The average molecular weight is 270 g/mol. The van der Waals surface area contributed by atoms with Crippen molar-refractivity contribution in [3.63, 3.8) is 0 Å². The van der Waals surface area contributed by atoms with E-state index in [9.17, 15) is 15.4 Å². The molecule has 6 heteroatoms. The topological polar surface area (TPSA) is 84.7 Å². The molecule has 0 saturated heterocycles. The summed E-state index contributed by atoms with van der Waals surface area (Å²) in [6, 6.07) is 8.23. The molecule has 2 aromatic rings. The van der Waals surface area contributed by atoms with Crippen molar-refractivity contribution < 1.29 is 4.92 Å². The van der Waals surface area contributed by atoms with Crippen molar-refractivity contribution in [3.05, 3.63) is 51.3 Å². The Balaban J connectivity index is 2.61. The first kappa shape index (κ1) is 13.7. The Hall–Kier alpha value is -2.68. The minimum absolute atomic E-state index is 0.0915. The molecule has 0 saturated carbocycles. The number of nitro benzene ring substituents is 1. The van der Waals surface area contributed by atoms with Crippen LogP contribution in [0.15, 0.2) is 24.3 Å². The third-order valence-corrected chi connectivity index (χ3v) is 3.10. The van der Waals surface area contributed by atoms with Gasteiger partial charge in [-0.2, -0.15) is 10.4 Å². The van der Waals surface area contributed by atoms with Crippen LogP contribution in [0, 0.1) is 21.4 Å². The summed E-state index contributed by atoms with van der Waals surface area (Å²) < 4.78 is 1.70. The van der Waals surface area contributed by atoms with E-state index in [1.54, 1.807) is 10.7 Å². The molecule has 1 heterocycles. The summed E-state index contributed by atoms with van der Waals surface area (Å²) in [5.41, 5.74) is 2.65. The second-order valence-corrected chi connectivity index (χ2v) is 4.32. The predicted octanol–water partition coefficient (Wildman–Crippen LogP) is 2.78. The van der Waals surface area contributed by atoms with Crippen LogP contribution in [-0.2, 0) is 12.8 Å². The van der Waals surface area contributed by atoms with Crippen molar-refractivity contribution >= 4 is 5.69 Å². The van der Waals surface area contributed by atoms with Gasteiger partial charge in [0, 0.05) is 17.8 Å². The Kier molecular flexibility index (Phi) is 3.80. The number of aromatic nitrogens is 2. The van der Waals surface area contributed by atoms with Crippen LogP contribution in [0.3, 0.4) is 0 Å². The normalized spacial score (nSPS) is 10.2. The Morgan fingerprint density at radius 3 is 2.65 bits per heavy atom. The number of nitriles is 1. The van der Waals surface area contributed by atoms with Crippen LogP contribution in [-0.4, -0.2) is 14.7 Å². The largest absolute Gasteiger partial charge is 0.270 e. The van der Waals surface area contributed by atoms with Gasteiger partial charge in [-0.05, 0) is 25.0 Å². The zero-order chi connectivity index (χ0) is 14.7. The highest BCUT2D eigenvalue weighted by Crippen LogP contribution is 2.22. The van der Waals surface area contributed by atoms with E-state index < -0.39 is 4.92 Å². The van der Waals surface area contributed by atoms with E-state index in [2.05, 4.69) is 5.10 Å². The molecule has 20 heavy (non-hydrogen) atoms. The summed E-state index contributed by atoms with van der Waals surface area (Å²) in [5.74, 6) is 0. The fourth-order valence-corrected chi connectivity index (χ4v) is 2.02. The highest BCUT2D eigenvalue weighted by molar-refractivity contribution is 5.54. The maximum absolute atomic E-state index is 10.8. The number of benzene rings is 1. The van der Waals surface area contributed by atoms with Gasteiger partial charge < -0.3 is 0 Å². The Labute approximate surface area is 116 Å². The van der Waals surface area contributed by atoms with Gasteiger partial charge in [-0.1, -0.05) is 13.8 Å². The number of non-ortho nitro benzene ring substituents is 1. The Bertz CT molecular complexity index is 698. The Morgan fingerprint density at radius 1 is 1.35 bits per heavy atom. The third kappa shape index (κ3) is 2.38. The minimum Gasteiger partial charge on any atom is -0.258 e. The quantitative estimate of drug-likeness (QED) is 0.631. The first-order chi connectivity index (χ1) is 9.60. The van der Waals surface area contributed by atoms with Crippen LogP contribution in [0.25, 0.3) is 5.69 Å². The van der Waals surface area contributed by atoms with Crippen LogP contribution in [0.5, 0.6) is 0 Å². The summed E-state index contributed by atoms with van der Waals surface area (Å²) in [6.07, 6.45) is 1.57. The van der Waals surface area contributed by atoms with Crippen molar-refractivity contribution in [2.75, 3.05) is 0 Å². The van der Waals surface area contributed by atoms with Crippen LogP contribution >= 0.6 is 0 Å². The first-order valence-corrected chi connectivity index (χ1v) is 6.37. The van der Waals surface area contributed by atoms with E-state index in [4.69, 9.17) is 0 Å². The molecule has 0 fully saturated rings. The van der Waals surface area contributed by atoms with Crippen LogP contribution in [0.4, 0.5) is 5.69 Å². The van der Waals surface area contributed by atoms with Crippen molar-refractivity contribution in [2.45, 2.75) is 26.7 Å². The molecular weight excluding hydrogens is 256 g/mol. The van der Waals surface area contributed by atoms with E-state index in [0.29, 0.717) is 5.69 Å². The first-order valence-electron chi connectivity index (χ1n) is 6.37. The van der Waals surface area contributed by atoms with Gasteiger partial charge in [-0.15, -0.1) is 0 Å². The molecule has 0 N–H and O–H groups in total. The smallest absolute Gasteiger partial charge is 0.258 e. The molecular formula is C14H14N4O2. The highest BCUT2D eigenvalue weighted by atomic mass is 16.6.